The summed E-state index contributed by atoms with van der Waals surface area (Å²) >= 11 is 0. The maximum Gasteiger partial charge on any atom is 0.0976 e. The number of fused-ring (bicyclic) bond motifs is 3. The van der Waals surface area contributed by atoms with Crippen molar-refractivity contribution in [2.45, 2.75) is 50.8 Å². The Labute approximate surface area is 231 Å². The van der Waals surface area contributed by atoms with E-state index < -0.39 is 0 Å². The number of nitrogens with zero attached hydrogens (tertiary/aromatic N) is 3. The van der Waals surface area contributed by atoms with E-state index in [2.05, 4.69) is 115 Å². The molecule has 0 saturated carbocycles. The summed E-state index contributed by atoms with van der Waals surface area (Å²) in [5.74, 6) is 0. The molecule has 1 aliphatic rings. The first-order valence-electron chi connectivity index (χ1n) is 14.1. The van der Waals surface area contributed by atoms with E-state index in [0.717, 1.165) is 44.4 Å². The Morgan fingerprint density at radius 3 is 2.51 bits per heavy atom. The lowest BCUT2D eigenvalue weighted by atomic mass is 9.80. The summed E-state index contributed by atoms with van der Waals surface area (Å²) in [7, 11) is 4.41. The van der Waals surface area contributed by atoms with E-state index in [-0.39, 0.29) is 11.6 Å². The SMILES string of the molecule is CCC(CCC1OCCc2c1[nH]c1ccc(-c3cnn(Cc4ccccc4)c3)cc21)(c1ccccc1)N(C)C. The van der Waals surface area contributed by atoms with Crippen LogP contribution in [0.4, 0.5) is 0 Å². The molecule has 0 bridgehead atoms. The van der Waals surface area contributed by atoms with Crippen LogP contribution < -0.4 is 0 Å². The van der Waals surface area contributed by atoms with Crippen molar-refractivity contribution < 1.29 is 4.74 Å². The third-order valence-corrected chi connectivity index (χ3v) is 8.66. The summed E-state index contributed by atoms with van der Waals surface area (Å²) < 4.78 is 8.42. The molecule has 3 heterocycles. The maximum atomic E-state index is 6.40. The van der Waals surface area contributed by atoms with Gasteiger partial charge in [0.2, 0.25) is 0 Å². The predicted octanol–water partition coefficient (Wildman–Crippen LogP) is 7.34. The Morgan fingerprint density at radius 2 is 1.77 bits per heavy atom. The van der Waals surface area contributed by atoms with Gasteiger partial charge in [0, 0.05) is 33.9 Å². The Hall–Kier alpha value is -3.67. The molecule has 39 heavy (non-hydrogen) atoms. The lowest BCUT2D eigenvalue weighted by Crippen LogP contribution is -2.41. The highest BCUT2D eigenvalue weighted by atomic mass is 16.5. The van der Waals surface area contributed by atoms with Crippen molar-refractivity contribution in [3.8, 4) is 11.1 Å². The number of nitrogens with one attached hydrogen (secondary N) is 1. The molecule has 1 N–H and O–H groups in total. The number of rotatable bonds is 9. The molecule has 5 nitrogen and oxygen atoms in total. The van der Waals surface area contributed by atoms with Gasteiger partial charge in [-0.2, -0.15) is 5.10 Å². The topological polar surface area (TPSA) is 46.1 Å². The van der Waals surface area contributed by atoms with Crippen LogP contribution in [0, 0.1) is 0 Å². The van der Waals surface area contributed by atoms with E-state index in [9.17, 15) is 0 Å². The Morgan fingerprint density at radius 1 is 1.00 bits per heavy atom. The maximum absolute atomic E-state index is 6.40. The minimum Gasteiger partial charge on any atom is -0.372 e. The fourth-order valence-corrected chi connectivity index (χ4v) is 6.42. The monoisotopic (exact) mass is 518 g/mol. The van der Waals surface area contributed by atoms with Gasteiger partial charge in [0.05, 0.1) is 25.5 Å². The van der Waals surface area contributed by atoms with Crippen LogP contribution in [0.15, 0.2) is 91.3 Å². The van der Waals surface area contributed by atoms with Crippen LogP contribution in [0.2, 0.25) is 0 Å². The lowest BCUT2D eigenvalue weighted by Gasteiger charge is -2.41. The average Bonchev–Trinajstić information content (AvgIpc) is 3.59. The number of hydrogen-bond donors (Lipinski definition) is 1. The number of hydrogen-bond acceptors (Lipinski definition) is 3. The second-order valence-electron chi connectivity index (χ2n) is 11.0. The van der Waals surface area contributed by atoms with E-state index in [1.54, 1.807) is 0 Å². The zero-order chi connectivity index (χ0) is 26.8. The predicted molar refractivity (Wildman–Crippen MR) is 159 cm³/mol. The standard InChI is InChI=1S/C34H38N4O/c1-4-34(37(2)3,28-13-9-6-10-14-28)19-17-32-33-29(18-20-39-32)30-21-26(15-16-31(30)36-33)27-22-35-38(24-27)23-25-11-7-5-8-12-25/h5-16,21-22,24,32,36H,4,17-20,23H2,1-3H3. The Kier molecular flexibility index (Phi) is 7.11. The summed E-state index contributed by atoms with van der Waals surface area (Å²) in [4.78, 5) is 6.14. The Bertz CT molecular complexity index is 1540. The quantitative estimate of drug-likeness (QED) is 0.222. The third kappa shape index (κ3) is 4.93. The van der Waals surface area contributed by atoms with E-state index in [1.165, 1.54) is 38.9 Å². The molecule has 0 saturated heterocycles. The van der Waals surface area contributed by atoms with E-state index in [0.29, 0.717) is 0 Å². The summed E-state index contributed by atoms with van der Waals surface area (Å²) in [6.07, 6.45) is 8.20. The summed E-state index contributed by atoms with van der Waals surface area (Å²) in [5, 5.41) is 5.94. The highest BCUT2D eigenvalue weighted by Crippen LogP contribution is 2.41. The van der Waals surface area contributed by atoms with Gasteiger partial charge in [-0.1, -0.05) is 73.7 Å². The molecule has 0 spiro atoms. The average molecular weight is 519 g/mol. The van der Waals surface area contributed by atoms with Crippen LogP contribution in [0.3, 0.4) is 0 Å². The number of aromatic nitrogens is 3. The Balaban J connectivity index is 1.26. The third-order valence-electron chi connectivity index (χ3n) is 8.66. The van der Waals surface area contributed by atoms with Gasteiger partial charge in [0.25, 0.3) is 0 Å². The zero-order valence-electron chi connectivity index (χ0n) is 23.2. The second kappa shape index (κ2) is 10.8. The van der Waals surface area contributed by atoms with Gasteiger partial charge < -0.3 is 9.72 Å². The van der Waals surface area contributed by atoms with Gasteiger partial charge >= 0.3 is 0 Å². The minimum atomic E-state index is -0.0126. The van der Waals surface area contributed by atoms with Crippen LogP contribution in [-0.2, 0) is 23.2 Å². The molecule has 5 aromatic rings. The first-order valence-corrected chi connectivity index (χ1v) is 14.1. The minimum absolute atomic E-state index is 0.0126. The molecular weight excluding hydrogens is 480 g/mol. The van der Waals surface area contributed by atoms with E-state index >= 15 is 0 Å². The second-order valence-corrected chi connectivity index (χ2v) is 11.0. The first kappa shape index (κ1) is 25.6. The molecular formula is C34H38N4O. The van der Waals surface area contributed by atoms with Gasteiger partial charge in [0.15, 0.2) is 0 Å². The van der Waals surface area contributed by atoms with Crippen LogP contribution >= 0.6 is 0 Å². The fraction of sp³-hybridized carbons (Fsp3) is 0.324. The number of benzene rings is 3. The van der Waals surface area contributed by atoms with Crippen LogP contribution in [0.25, 0.3) is 22.0 Å². The van der Waals surface area contributed by atoms with Gasteiger partial charge in [0.1, 0.15) is 0 Å². The molecule has 0 aliphatic carbocycles. The van der Waals surface area contributed by atoms with Gasteiger partial charge in [-0.05, 0) is 74.2 Å². The molecule has 3 aromatic carbocycles. The highest BCUT2D eigenvalue weighted by Gasteiger charge is 2.35. The molecule has 1 aliphatic heterocycles. The smallest absolute Gasteiger partial charge is 0.0976 e. The molecule has 5 heteroatoms. The number of aromatic amines is 1. The molecule has 2 unspecified atom stereocenters. The van der Waals surface area contributed by atoms with Crippen molar-refractivity contribution >= 4 is 10.9 Å². The molecule has 6 rings (SSSR count). The highest BCUT2D eigenvalue weighted by molar-refractivity contribution is 5.89. The van der Waals surface area contributed by atoms with Crippen molar-refractivity contribution in [1.82, 2.24) is 19.7 Å². The summed E-state index contributed by atoms with van der Waals surface area (Å²) in [6, 6.07) is 28.2. The van der Waals surface area contributed by atoms with Crippen LogP contribution in [0.1, 0.15) is 54.7 Å². The summed E-state index contributed by atoms with van der Waals surface area (Å²) in [5.41, 5.74) is 8.82. The molecule has 2 aromatic heterocycles. The number of ether oxygens (including phenoxy) is 1. The first-order chi connectivity index (χ1) is 19.1. The molecule has 0 fully saturated rings. The largest absolute Gasteiger partial charge is 0.372 e. The number of H-pyrrole nitrogens is 1. The normalized spacial score (nSPS) is 16.9. The lowest BCUT2D eigenvalue weighted by molar-refractivity contribution is 0.0167. The summed E-state index contributed by atoms with van der Waals surface area (Å²) in [6.45, 7) is 3.83. The van der Waals surface area contributed by atoms with Gasteiger partial charge in [-0.25, -0.2) is 0 Å². The zero-order valence-corrected chi connectivity index (χ0v) is 23.2. The fourth-order valence-electron chi connectivity index (χ4n) is 6.42. The molecule has 2 atom stereocenters. The molecule has 0 amide bonds. The van der Waals surface area contributed by atoms with Crippen molar-refractivity contribution in [3.05, 3.63) is 114 Å². The van der Waals surface area contributed by atoms with Crippen molar-refractivity contribution in [3.63, 3.8) is 0 Å². The van der Waals surface area contributed by atoms with Crippen LogP contribution in [0.5, 0.6) is 0 Å². The van der Waals surface area contributed by atoms with Crippen LogP contribution in [-0.4, -0.2) is 40.4 Å². The van der Waals surface area contributed by atoms with E-state index in [4.69, 9.17) is 4.74 Å². The van der Waals surface area contributed by atoms with Gasteiger partial charge in [-0.15, -0.1) is 0 Å². The molecule has 0 radical (unpaired) electrons. The van der Waals surface area contributed by atoms with Gasteiger partial charge in [-0.3, -0.25) is 9.58 Å². The van der Waals surface area contributed by atoms with Crippen molar-refractivity contribution in [2.75, 3.05) is 20.7 Å². The van der Waals surface area contributed by atoms with Crippen molar-refractivity contribution in [1.29, 1.82) is 0 Å². The van der Waals surface area contributed by atoms with Crippen molar-refractivity contribution in [2.24, 2.45) is 0 Å². The molecule has 200 valence electrons. The van der Waals surface area contributed by atoms with E-state index in [1.807, 2.05) is 16.9 Å².